The van der Waals surface area contributed by atoms with Gasteiger partial charge in [0.1, 0.15) is 6.61 Å². The molecule has 0 saturated heterocycles. The van der Waals surface area contributed by atoms with Gasteiger partial charge in [-0.2, -0.15) is 0 Å². The van der Waals surface area contributed by atoms with Gasteiger partial charge < -0.3 is 25.2 Å². The average Bonchev–Trinajstić information content (AvgIpc) is 3.14. The number of aliphatic carboxylic acids is 1. The molecule has 0 aliphatic heterocycles. The summed E-state index contributed by atoms with van der Waals surface area (Å²) in [6.07, 6.45) is 0.0890. The van der Waals surface area contributed by atoms with Crippen LogP contribution in [-0.4, -0.2) is 55.5 Å². The lowest BCUT2D eigenvalue weighted by atomic mass is 9.98. The molecule has 0 heterocycles. The molecule has 2 aromatic carbocycles. The molecular formula is C26H32N2O6. The van der Waals surface area contributed by atoms with E-state index in [0.717, 1.165) is 28.7 Å². The summed E-state index contributed by atoms with van der Waals surface area (Å²) in [7, 11) is 1.40. The Morgan fingerprint density at radius 2 is 1.62 bits per heavy atom. The fourth-order valence-electron chi connectivity index (χ4n) is 4.34. The molecule has 2 unspecified atom stereocenters. The van der Waals surface area contributed by atoms with Crippen LogP contribution in [0.5, 0.6) is 0 Å². The molecule has 2 amide bonds. The first-order valence-corrected chi connectivity index (χ1v) is 11.6. The van der Waals surface area contributed by atoms with Gasteiger partial charge in [-0.1, -0.05) is 61.9 Å². The number of fused-ring (bicyclic) bond motifs is 3. The lowest BCUT2D eigenvalue weighted by Gasteiger charge is -2.20. The first-order valence-electron chi connectivity index (χ1n) is 11.6. The number of benzene rings is 2. The fraction of sp³-hybridized carbons (Fsp3) is 0.423. The third-order valence-electron chi connectivity index (χ3n) is 6.00. The molecule has 0 radical (unpaired) electrons. The first kappa shape index (κ1) is 25.2. The Kier molecular flexibility index (Phi) is 9.04. The Bertz CT molecular complexity index is 963. The molecule has 34 heavy (non-hydrogen) atoms. The van der Waals surface area contributed by atoms with Crippen molar-refractivity contribution in [2.24, 2.45) is 0 Å². The molecule has 0 aromatic heterocycles. The number of hydrogen-bond acceptors (Lipinski definition) is 5. The van der Waals surface area contributed by atoms with Crippen LogP contribution in [0.4, 0.5) is 4.79 Å². The number of ether oxygens (including phenoxy) is 2. The highest BCUT2D eigenvalue weighted by atomic mass is 16.5. The molecule has 2 atom stereocenters. The van der Waals surface area contributed by atoms with Crippen molar-refractivity contribution in [1.29, 1.82) is 0 Å². The number of nitrogens with one attached hydrogen (secondary N) is 2. The number of hydrogen-bond donors (Lipinski definition) is 3. The third-order valence-corrected chi connectivity index (χ3v) is 6.00. The van der Waals surface area contributed by atoms with Gasteiger partial charge in [0.2, 0.25) is 5.91 Å². The van der Waals surface area contributed by atoms with Gasteiger partial charge in [-0.25, -0.2) is 4.79 Å². The van der Waals surface area contributed by atoms with E-state index in [1.54, 1.807) is 0 Å². The van der Waals surface area contributed by atoms with E-state index in [2.05, 4.69) is 34.9 Å². The fourth-order valence-corrected chi connectivity index (χ4v) is 4.34. The number of methoxy groups -OCH3 is 1. The van der Waals surface area contributed by atoms with Crippen molar-refractivity contribution in [2.45, 2.75) is 50.7 Å². The van der Waals surface area contributed by atoms with Crippen molar-refractivity contribution in [3.63, 3.8) is 0 Å². The average molecular weight is 469 g/mol. The second-order valence-corrected chi connectivity index (χ2v) is 8.42. The topological polar surface area (TPSA) is 114 Å². The molecule has 8 heteroatoms. The molecule has 3 rings (SSSR count). The second kappa shape index (κ2) is 12.2. The minimum absolute atomic E-state index is 0.0358. The standard InChI is InChI=1S/C26H32N2O6/c1-3-8-17(13-24(29)27-15-18(33-2)14-25(30)31)28-26(32)34-16-23-21-11-6-4-9-19(21)20-10-5-7-12-22(20)23/h4-7,9-12,17-18,23H,3,8,13-16H2,1-2H3,(H,27,29)(H,28,32)(H,30,31). The van der Waals surface area contributed by atoms with Crippen LogP contribution in [0.15, 0.2) is 48.5 Å². The Labute approximate surface area is 199 Å². The van der Waals surface area contributed by atoms with Crippen LogP contribution >= 0.6 is 0 Å². The summed E-state index contributed by atoms with van der Waals surface area (Å²) >= 11 is 0. The van der Waals surface area contributed by atoms with Crippen LogP contribution in [0.2, 0.25) is 0 Å². The zero-order chi connectivity index (χ0) is 24.5. The van der Waals surface area contributed by atoms with E-state index in [1.165, 1.54) is 7.11 Å². The van der Waals surface area contributed by atoms with Gasteiger partial charge >= 0.3 is 12.1 Å². The van der Waals surface area contributed by atoms with Crippen LogP contribution in [0.1, 0.15) is 49.7 Å². The van der Waals surface area contributed by atoms with Crippen molar-refractivity contribution in [3.05, 3.63) is 59.7 Å². The van der Waals surface area contributed by atoms with E-state index in [9.17, 15) is 14.4 Å². The quantitative estimate of drug-likeness (QED) is 0.438. The minimum Gasteiger partial charge on any atom is -0.481 e. The Balaban J connectivity index is 1.53. The van der Waals surface area contributed by atoms with Crippen LogP contribution in [0, 0.1) is 0 Å². The number of alkyl carbamates (subject to hydrolysis) is 1. The van der Waals surface area contributed by atoms with E-state index in [-0.39, 0.29) is 43.9 Å². The lowest BCUT2D eigenvalue weighted by molar-refractivity contribution is -0.140. The number of carbonyl (C=O) groups is 3. The van der Waals surface area contributed by atoms with Crippen molar-refractivity contribution < 1.29 is 29.0 Å². The normalized spacial score (nSPS) is 13.9. The molecule has 3 N–H and O–H groups in total. The second-order valence-electron chi connectivity index (χ2n) is 8.42. The molecule has 182 valence electrons. The van der Waals surface area contributed by atoms with Crippen molar-refractivity contribution in [1.82, 2.24) is 10.6 Å². The smallest absolute Gasteiger partial charge is 0.407 e. The summed E-state index contributed by atoms with van der Waals surface area (Å²) in [6.45, 7) is 2.26. The monoisotopic (exact) mass is 468 g/mol. The molecule has 0 bridgehead atoms. The number of carbonyl (C=O) groups excluding carboxylic acids is 2. The van der Waals surface area contributed by atoms with Gasteiger partial charge in [0, 0.05) is 32.0 Å². The van der Waals surface area contributed by atoms with Crippen LogP contribution in [-0.2, 0) is 19.1 Å². The van der Waals surface area contributed by atoms with E-state index >= 15 is 0 Å². The summed E-state index contributed by atoms with van der Waals surface area (Å²) in [4.78, 5) is 35.8. The number of amides is 2. The number of carboxylic acids is 1. The molecule has 1 aliphatic carbocycles. The summed E-state index contributed by atoms with van der Waals surface area (Å²) in [5, 5.41) is 14.4. The summed E-state index contributed by atoms with van der Waals surface area (Å²) in [5.74, 6) is -1.32. The van der Waals surface area contributed by atoms with Crippen molar-refractivity contribution in [3.8, 4) is 11.1 Å². The molecule has 0 saturated carbocycles. The molecular weight excluding hydrogens is 436 g/mol. The predicted molar refractivity (Wildman–Crippen MR) is 128 cm³/mol. The Morgan fingerprint density at radius 1 is 1.00 bits per heavy atom. The van der Waals surface area contributed by atoms with Gasteiger partial charge in [0.05, 0.1) is 12.5 Å². The van der Waals surface area contributed by atoms with E-state index in [0.29, 0.717) is 6.42 Å². The Morgan fingerprint density at radius 3 is 2.18 bits per heavy atom. The van der Waals surface area contributed by atoms with E-state index in [4.69, 9.17) is 14.6 Å². The van der Waals surface area contributed by atoms with Gasteiger partial charge in [0.15, 0.2) is 0 Å². The van der Waals surface area contributed by atoms with Crippen LogP contribution in [0.25, 0.3) is 11.1 Å². The lowest BCUT2D eigenvalue weighted by Crippen LogP contribution is -2.41. The first-order chi connectivity index (χ1) is 16.4. The third kappa shape index (κ3) is 6.57. The SMILES string of the molecule is CCCC(CC(=O)NCC(CC(=O)O)OC)NC(=O)OCC1c2ccccc2-c2ccccc21. The maximum absolute atomic E-state index is 12.6. The summed E-state index contributed by atoms with van der Waals surface area (Å²) in [6, 6.07) is 15.9. The van der Waals surface area contributed by atoms with Gasteiger partial charge in [-0.3, -0.25) is 9.59 Å². The Hall–Kier alpha value is -3.39. The maximum Gasteiger partial charge on any atom is 0.407 e. The van der Waals surface area contributed by atoms with Crippen LogP contribution < -0.4 is 10.6 Å². The molecule has 0 fully saturated rings. The molecule has 8 nitrogen and oxygen atoms in total. The summed E-state index contributed by atoms with van der Waals surface area (Å²) < 4.78 is 10.7. The van der Waals surface area contributed by atoms with Crippen LogP contribution in [0.3, 0.4) is 0 Å². The number of carboxylic acid groups (broad SMARTS) is 1. The molecule has 0 spiro atoms. The van der Waals surface area contributed by atoms with E-state index < -0.39 is 18.2 Å². The van der Waals surface area contributed by atoms with E-state index in [1.807, 2.05) is 31.2 Å². The predicted octanol–water partition coefficient (Wildman–Crippen LogP) is 3.69. The van der Waals surface area contributed by atoms with Crippen molar-refractivity contribution >= 4 is 18.0 Å². The van der Waals surface area contributed by atoms with Gasteiger partial charge in [-0.05, 0) is 28.7 Å². The highest BCUT2D eigenvalue weighted by Crippen LogP contribution is 2.44. The summed E-state index contributed by atoms with van der Waals surface area (Å²) in [5.41, 5.74) is 4.58. The highest BCUT2D eigenvalue weighted by Gasteiger charge is 2.29. The minimum atomic E-state index is -0.998. The zero-order valence-electron chi connectivity index (χ0n) is 19.6. The molecule has 1 aliphatic rings. The van der Waals surface area contributed by atoms with Gasteiger partial charge in [-0.15, -0.1) is 0 Å². The van der Waals surface area contributed by atoms with Crippen molar-refractivity contribution in [2.75, 3.05) is 20.3 Å². The maximum atomic E-state index is 12.6. The van der Waals surface area contributed by atoms with Gasteiger partial charge in [0.25, 0.3) is 0 Å². The largest absolute Gasteiger partial charge is 0.481 e. The molecule has 2 aromatic rings. The zero-order valence-corrected chi connectivity index (χ0v) is 19.6. The highest BCUT2D eigenvalue weighted by molar-refractivity contribution is 5.79. The number of rotatable bonds is 12.